The third-order valence-electron chi connectivity index (χ3n) is 5.98. The Labute approximate surface area is 150 Å². The lowest BCUT2D eigenvalue weighted by Gasteiger charge is -2.48. The van der Waals surface area contributed by atoms with Gasteiger partial charge in [-0.25, -0.2) is 0 Å². The van der Waals surface area contributed by atoms with E-state index in [0.29, 0.717) is 17.7 Å². The van der Waals surface area contributed by atoms with Crippen LogP contribution in [0.25, 0.3) is 0 Å². The van der Waals surface area contributed by atoms with Crippen LogP contribution < -0.4 is 11.1 Å². The number of methoxy groups -OCH3 is 1. The molecule has 1 saturated carbocycles. The minimum atomic E-state index is 0.342. The molecule has 134 valence electrons. The molecular weight excluding hydrogens is 322 g/mol. The van der Waals surface area contributed by atoms with Crippen LogP contribution in [-0.2, 0) is 4.74 Å². The maximum Gasteiger partial charge on any atom is 0.0591 e. The first-order chi connectivity index (χ1) is 11.5. The van der Waals surface area contributed by atoms with Crippen molar-refractivity contribution in [3.8, 4) is 0 Å². The zero-order valence-electron chi connectivity index (χ0n) is 14.9. The lowest BCUT2D eigenvalue weighted by atomic mass is 9.79. The largest absolute Gasteiger partial charge is 0.397 e. The van der Waals surface area contributed by atoms with E-state index in [2.05, 4.69) is 17.1 Å². The monoisotopic (exact) mass is 351 g/mol. The molecule has 1 saturated heterocycles. The van der Waals surface area contributed by atoms with Crippen LogP contribution in [0.2, 0.25) is 5.02 Å². The van der Waals surface area contributed by atoms with E-state index in [-0.39, 0.29) is 0 Å². The number of benzene rings is 1. The number of hydrogen-bond acceptors (Lipinski definition) is 4. The summed E-state index contributed by atoms with van der Waals surface area (Å²) in [5, 5.41) is 4.31. The molecule has 24 heavy (non-hydrogen) atoms. The molecule has 2 fully saturated rings. The van der Waals surface area contributed by atoms with E-state index >= 15 is 0 Å². The van der Waals surface area contributed by atoms with Gasteiger partial charge in [-0.2, -0.15) is 0 Å². The second kappa shape index (κ2) is 7.51. The van der Waals surface area contributed by atoms with Gasteiger partial charge in [-0.3, -0.25) is 4.90 Å². The Hall–Kier alpha value is -0.970. The van der Waals surface area contributed by atoms with E-state index in [4.69, 9.17) is 22.1 Å². The summed E-state index contributed by atoms with van der Waals surface area (Å²) in [4.78, 5) is 2.69. The van der Waals surface area contributed by atoms with Crippen LogP contribution in [0.15, 0.2) is 18.2 Å². The number of piperidine rings is 1. The van der Waals surface area contributed by atoms with Gasteiger partial charge in [0.15, 0.2) is 0 Å². The summed E-state index contributed by atoms with van der Waals surface area (Å²) < 4.78 is 5.52. The van der Waals surface area contributed by atoms with Crippen molar-refractivity contribution in [2.75, 3.05) is 31.2 Å². The molecule has 0 aromatic heterocycles. The van der Waals surface area contributed by atoms with Crippen LogP contribution in [0, 0.1) is 0 Å². The predicted molar refractivity (Wildman–Crippen MR) is 102 cm³/mol. The highest BCUT2D eigenvalue weighted by molar-refractivity contribution is 6.31. The van der Waals surface area contributed by atoms with Crippen LogP contribution in [0.5, 0.6) is 0 Å². The molecule has 3 N–H and O–H groups in total. The molecule has 0 amide bonds. The van der Waals surface area contributed by atoms with Gasteiger partial charge >= 0.3 is 0 Å². The highest BCUT2D eigenvalue weighted by atomic mass is 35.5. The summed E-state index contributed by atoms with van der Waals surface area (Å²) in [5.74, 6) is 0. The number of nitrogens with one attached hydrogen (secondary N) is 1. The molecule has 1 aromatic rings. The highest BCUT2D eigenvalue weighted by Crippen LogP contribution is 2.36. The Bertz CT molecular complexity index is 550. The molecule has 5 heteroatoms. The average molecular weight is 352 g/mol. The number of rotatable bonds is 4. The molecule has 1 aliphatic carbocycles. The molecule has 1 aliphatic heterocycles. The molecule has 0 unspecified atom stereocenters. The number of nitrogens with zero attached hydrogens (tertiary/aromatic N) is 1. The smallest absolute Gasteiger partial charge is 0.0591 e. The zero-order chi connectivity index (χ0) is 17.2. The SMILES string of the molecule is CO[C@H]1CC[C@](C)(N2CCC(Nc3cc(Cl)ccc3N)CC2)CC1. The third kappa shape index (κ3) is 3.98. The molecule has 4 nitrogen and oxygen atoms in total. The average Bonchev–Trinajstić information content (AvgIpc) is 2.59. The normalized spacial score (nSPS) is 29.5. The molecule has 0 radical (unpaired) electrons. The Morgan fingerprint density at radius 2 is 1.88 bits per heavy atom. The molecule has 3 rings (SSSR count). The fourth-order valence-corrected chi connectivity index (χ4v) is 4.37. The number of nitrogens with two attached hydrogens (primary N) is 1. The van der Waals surface area contributed by atoms with Crippen molar-refractivity contribution in [2.45, 2.75) is 63.1 Å². The van der Waals surface area contributed by atoms with Crippen LogP contribution >= 0.6 is 11.6 Å². The first-order valence-electron chi connectivity index (χ1n) is 9.09. The number of anilines is 2. The highest BCUT2D eigenvalue weighted by Gasteiger charge is 2.37. The van der Waals surface area contributed by atoms with E-state index in [1.165, 1.54) is 25.7 Å². The Kier molecular flexibility index (Phi) is 5.58. The van der Waals surface area contributed by atoms with Gasteiger partial charge in [0.25, 0.3) is 0 Å². The van der Waals surface area contributed by atoms with Gasteiger partial charge in [0.05, 0.1) is 17.5 Å². The van der Waals surface area contributed by atoms with Crippen molar-refractivity contribution in [3.63, 3.8) is 0 Å². The molecule has 0 atom stereocenters. The van der Waals surface area contributed by atoms with E-state index in [9.17, 15) is 0 Å². The van der Waals surface area contributed by atoms with Gasteiger partial charge < -0.3 is 15.8 Å². The number of halogens is 1. The predicted octanol–water partition coefficient (Wildman–Crippen LogP) is 4.15. The third-order valence-corrected chi connectivity index (χ3v) is 6.21. The van der Waals surface area contributed by atoms with Gasteiger partial charge in [0.2, 0.25) is 0 Å². The van der Waals surface area contributed by atoms with Crippen molar-refractivity contribution in [1.82, 2.24) is 4.90 Å². The van der Waals surface area contributed by atoms with Gasteiger partial charge in [-0.15, -0.1) is 0 Å². The standard InChI is InChI=1S/C19H30ClN3O/c1-19(9-5-16(24-2)6-10-19)23-11-7-15(8-12-23)22-18-13-14(20)3-4-17(18)21/h3-4,13,15-16,22H,5-12,21H2,1-2H3/t16-,19-. The van der Waals surface area contributed by atoms with Crippen molar-refractivity contribution < 1.29 is 4.74 Å². The van der Waals surface area contributed by atoms with Crippen molar-refractivity contribution >= 4 is 23.0 Å². The summed E-state index contributed by atoms with van der Waals surface area (Å²) in [6.45, 7) is 4.72. The van der Waals surface area contributed by atoms with Gasteiger partial charge in [0.1, 0.15) is 0 Å². The molecule has 1 heterocycles. The Morgan fingerprint density at radius 1 is 1.21 bits per heavy atom. The minimum absolute atomic E-state index is 0.342. The van der Waals surface area contributed by atoms with Gasteiger partial charge in [0, 0.05) is 36.8 Å². The minimum Gasteiger partial charge on any atom is -0.397 e. The number of ether oxygens (including phenoxy) is 1. The molecule has 0 bridgehead atoms. The lowest BCUT2D eigenvalue weighted by molar-refractivity contribution is -0.0105. The topological polar surface area (TPSA) is 50.5 Å². The maximum absolute atomic E-state index is 6.09. The van der Waals surface area contributed by atoms with Gasteiger partial charge in [-0.05, 0) is 63.6 Å². The Morgan fingerprint density at radius 3 is 2.50 bits per heavy atom. The summed E-state index contributed by atoms with van der Waals surface area (Å²) in [7, 11) is 1.84. The van der Waals surface area contributed by atoms with Gasteiger partial charge in [-0.1, -0.05) is 11.6 Å². The Balaban J connectivity index is 1.53. The van der Waals surface area contributed by atoms with Crippen LogP contribution in [-0.4, -0.2) is 42.8 Å². The van der Waals surface area contributed by atoms with Crippen molar-refractivity contribution in [1.29, 1.82) is 0 Å². The number of hydrogen-bond donors (Lipinski definition) is 2. The number of nitrogen functional groups attached to an aromatic ring is 1. The lowest BCUT2D eigenvalue weighted by Crippen LogP contribution is -2.53. The van der Waals surface area contributed by atoms with Crippen molar-refractivity contribution in [2.24, 2.45) is 0 Å². The van der Waals surface area contributed by atoms with Crippen molar-refractivity contribution in [3.05, 3.63) is 23.2 Å². The quantitative estimate of drug-likeness (QED) is 0.800. The van der Waals surface area contributed by atoms with Crippen LogP contribution in [0.3, 0.4) is 0 Å². The van der Waals surface area contributed by atoms with Crippen LogP contribution in [0.4, 0.5) is 11.4 Å². The summed E-state index contributed by atoms with van der Waals surface area (Å²) in [6, 6.07) is 6.11. The fourth-order valence-electron chi connectivity index (χ4n) is 4.20. The van der Waals surface area contributed by atoms with Crippen LogP contribution in [0.1, 0.15) is 45.4 Å². The molecular formula is C19H30ClN3O. The van der Waals surface area contributed by atoms with E-state index in [1.54, 1.807) is 0 Å². The first-order valence-corrected chi connectivity index (χ1v) is 9.47. The van der Waals surface area contributed by atoms with E-state index in [1.807, 2.05) is 25.3 Å². The van der Waals surface area contributed by atoms with E-state index < -0.39 is 0 Å². The van der Waals surface area contributed by atoms with E-state index in [0.717, 1.165) is 42.3 Å². The second-order valence-corrected chi connectivity index (χ2v) is 8.01. The summed E-state index contributed by atoms with van der Waals surface area (Å²) in [5.41, 5.74) is 8.13. The molecule has 2 aliphatic rings. The summed E-state index contributed by atoms with van der Waals surface area (Å²) in [6.07, 6.45) is 7.61. The zero-order valence-corrected chi connectivity index (χ0v) is 15.6. The summed E-state index contributed by atoms with van der Waals surface area (Å²) >= 11 is 6.09. The second-order valence-electron chi connectivity index (χ2n) is 7.57. The first kappa shape index (κ1) is 17.8. The molecule has 0 spiro atoms. The number of likely N-dealkylation sites (tertiary alicyclic amines) is 1. The maximum atomic E-state index is 6.09. The fraction of sp³-hybridized carbons (Fsp3) is 0.684. The molecule has 1 aromatic carbocycles.